The molecule has 0 fully saturated rings. The van der Waals surface area contributed by atoms with Crippen LogP contribution in [0.15, 0.2) is 29.8 Å². The number of aromatic nitrogens is 1. The molecule has 2 nitrogen and oxygen atoms in total. The van der Waals surface area contributed by atoms with E-state index in [9.17, 15) is 0 Å². The minimum atomic E-state index is 0.834. The van der Waals surface area contributed by atoms with Gasteiger partial charge in [-0.05, 0) is 30.7 Å². The second-order valence-corrected chi connectivity index (χ2v) is 3.80. The van der Waals surface area contributed by atoms with Crippen molar-refractivity contribution in [3.63, 3.8) is 0 Å². The van der Waals surface area contributed by atoms with Crippen molar-refractivity contribution in [3.05, 3.63) is 35.3 Å². The topological polar surface area (TPSA) is 38.9 Å². The van der Waals surface area contributed by atoms with Gasteiger partial charge in [-0.3, -0.25) is 0 Å². The van der Waals surface area contributed by atoms with Gasteiger partial charge in [0.2, 0.25) is 0 Å². The lowest BCUT2D eigenvalue weighted by Crippen LogP contribution is -1.88. The summed E-state index contributed by atoms with van der Waals surface area (Å²) in [5.74, 6) is 0. The van der Waals surface area contributed by atoms with Crippen LogP contribution in [0.4, 0.5) is 5.69 Å². The predicted octanol–water partition coefficient (Wildman–Crippen LogP) is 2.70. The van der Waals surface area contributed by atoms with Crippen molar-refractivity contribution >= 4 is 17.0 Å². The van der Waals surface area contributed by atoms with Crippen LogP contribution < -0.4 is 5.73 Å². The molecule has 0 radical (unpaired) electrons. The highest BCUT2D eigenvalue weighted by Crippen LogP contribution is 2.24. The summed E-state index contributed by atoms with van der Waals surface area (Å²) in [6.45, 7) is 2.01. The molecule has 0 saturated heterocycles. The van der Waals surface area contributed by atoms with Gasteiger partial charge >= 0.3 is 0 Å². The molecule has 13 heavy (non-hydrogen) atoms. The van der Waals surface area contributed by atoms with E-state index >= 15 is 0 Å². The van der Waals surface area contributed by atoms with Gasteiger partial charge in [0.1, 0.15) is 5.01 Å². The van der Waals surface area contributed by atoms with Gasteiger partial charge < -0.3 is 5.73 Å². The van der Waals surface area contributed by atoms with Crippen LogP contribution in [0.2, 0.25) is 0 Å². The van der Waals surface area contributed by atoms with E-state index in [1.165, 1.54) is 0 Å². The zero-order valence-electron chi connectivity index (χ0n) is 7.32. The number of rotatable bonds is 1. The van der Waals surface area contributed by atoms with Crippen molar-refractivity contribution in [3.8, 4) is 10.6 Å². The molecule has 0 amide bonds. The van der Waals surface area contributed by atoms with Crippen LogP contribution in [0.5, 0.6) is 0 Å². The Bertz CT molecular complexity index is 407. The molecule has 0 saturated carbocycles. The maximum atomic E-state index is 5.73. The normalized spacial score (nSPS) is 10.2. The maximum absolute atomic E-state index is 5.73. The van der Waals surface area contributed by atoms with E-state index in [2.05, 4.69) is 11.1 Å². The minimum absolute atomic E-state index is 0.834. The molecule has 0 unspecified atom stereocenters. The molecule has 2 N–H and O–H groups in total. The standard InChI is InChI=1S/C10H10N2S/c1-7-6-8(2-3-9(7)11)10-12-4-5-13-10/h2-6H,11H2,1H3. The molecular formula is C10H10N2S. The first kappa shape index (κ1) is 8.26. The van der Waals surface area contributed by atoms with Crippen molar-refractivity contribution in [1.82, 2.24) is 4.98 Å². The molecule has 0 spiro atoms. The number of aryl methyl sites for hydroxylation is 1. The third-order valence-electron chi connectivity index (χ3n) is 1.95. The minimum Gasteiger partial charge on any atom is -0.399 e. The molecule has 0 aliphatic heterocycles. The molecule has 0 aliphatic carbocycles. The molecular weight excluding hydrogens is 180 g/mol. The van der Waals surface area contributed by atoms with E-state index < -0.39 is 0 Å². The fourth-order valence-corrected chi connectivity index (χ4v) is 1.81. The molecule has 0 atom stereocenters. The highest BCUT2D eigenvalue weighted by atomic mass is 32.1. The SMILES string of the molecule is Cc1cc(-c2nccs2)ccc1N. The van der Waals surface area contributed by atoms with E-state index in [1.54, 1.807) is 11.3 Å². The number of nitrogens with two attached hydrogens (primary N) is 1. The summed E-state index contributed by atoms with van der Waals surface area (Å²) in [6.07, 6.45) is 1.81. The number of hydrogen-bond donors (Lipinski definition) is 1. The molecule has 1 aromatic heterocycles. The Morgan fingerprint density at radius 1 is 1.38 bits per heavy atom. The van der Waals surface area contributed by atoms with Crippen LogP contribution >= 0.6 is 11.3 Å². The lowest BCUT2D eigenvalue weighted by Gasteiger charge is -2.01. The quantitative estimate of drug-likeness (QED) is 0.702. The Hall–Kier alpha value is -1.35. The number of thiazole rings is 1. The smallest absolute Gasteiger partial charge is 0.123 e. The van der Waals surface area contributed by atoms with Crippen molar-refractivity contribution in [2.45, 2.75) is 6.92 Å². The van der Waals surface area contributed by atoms with Gasteiger partial charge in [-0.2, -0.15) is 0 Å². The molecule has 1 heterocycles. The maximum Gasteiger partial charge on any atom is 0.123 e. The zero-order valence-corrected chi connectivity index (χ0v) is 8.14. The average Bonchev–Trinajstić information content (AvgIpc) is 2.62. The fourth-order valence-electron chi connectivity index (χ4n) is 1.17. The number of anilines is 1. The van der Waals surface area contributed by atoms with Crippen LogP contribution in [-0.4, -0.2) is 4.98 Å². The van der Waals surface area contributed by atoms with Gasteiger partial charge in [0, 0.05) is 22.8 Å². The van der Waals surface area contributed by atoms with Crippen molar-refractivity contribution in [2.24, 2.45) is 0 Å². The van der Waals surface area contributed by atoms with Crippen LogP contribution in [-0.2, 0) is 0 Å². The van der Waals surface area contributed by atoms with E-state index in [0.717, 1.165) is 21.8 Å². The van der Waals surface area contributed by atoms with Gasteiger partial charge in [0.05, 0.1) is 0 Å². The molecule has 1 aromatic carbocycles. The van der Waals surface area contributed by atoms with Crippen LogP contribution in [0.3, 0.4) is 0 Å². The molecule has 0 aliphatic rings. The Kier molecular flexibility index (Phi) is 2.02. The third kappa shape index (κ3) is 1.55. The van der Waals surface area contributed by atoms with Gasteiger partial charge in [0.15, 0.2) is 0 Å². The number of nitrogens with zero attached hydrogens (tertiary/aromatic N) is 1. The average molecular weight is 190 g/mol. The lowest BCUT2D eigenvalue weighted by atomic mass is 10.1. The van der Waals surface area contributed by atoms with Crippen molar-refractivity contribution < 1.29 is 0 Å². The largest absolute Gasteiger partial charge is 0.399 e. The van der Waals surface area contributed by atoms with Crippen LogP contribution in [0, 0.1) is 6.92 Å². The van der Waals surface area contributed by atoms with E-state index in [-0.39, 0.29) is 0 Å². The first-order chi connectivity index (χ1) is 6.27. The highest BCUT2D eigenvalue weighted by molar-refractivity contribution is 7.13. The van der Waals surface area contributed by atoms with Crippen LogP contribution in [0.1, 0.15) is 5.56 Å². The van der Waals surface area contributed by atoms with E-state index in [4.69, 9.17) is 5.73 Å². The van der Waals surface area contributed by atoms with Gasteiger partial charge in [-0.1, -0.05) is 0 Å². The van der Waals surface area contributed by atoms with Crippen LogP contribution in [0.25, 0.3) is 10.6 Å². The highest BCUT2D eigenvalue weighted by Gasteiger charge is 2.01. The van der Waals surface area contributed by atoms with Gasteiger partial charge in [0.25, 0.3) is 0 Å². The molecule has 2 aromatic rings. The first-order valence-corrected chi connectivity index (χ1v) is 4.91. The summed E-state index contributed by atoms with van der Waals surface area (Å²) in [5, 5.41) is 3.02. The first-order valence-electron chi connectivity index (χ1n) is 4.03. The molecule has 66 valence electrons. The third-order valence-corrected chi connectivity index (χ3v) is 2.77. The van der Waals surface area contributed by atoms with Crippen molar-refractivity contribution in [1.29, 1.82) is 0 Å². The summed E-state index contributed by atoms with van der Waals surface area (Å²) in [6, 6.07) is 5.99. The van der Waals surface area contributed by atoms with Gasteiger partial charge in [-0.25, -0.2) is 4.98 Å². The predicted molar refractivity (Wildman–Crippen MR) is 56.7 cm³/mol. The summed E-state index contributed by atoms with van der Waals surface area (Å²) in [7, 11) is 0. The zero-order chi connectivity index (χ0) is 9.26. The van der Waals surface area contributed by atoms with E-state index in [0.29, 0.717) is 0 Å². The number of hydrogen-bond acceptors (Lipinski definition) is 3. The lowest BCUT2D eigenvalue weighted by molar-refractivity contribution is 1.40. The second kappa shape index (κ2) is 3.18. The molecule has 3 heteroatoms. The Balaban J connectivity index is 2.49. The monoisotopic (exact) mass is 190 g/mol. The Morgan fingerprint density at radius 3 is 2.85 bits per heavy atom. The summed E-state index contributed by atoms with van der Waals surface area (Å²) >= 11 is 1.64. The van der Waals surface area contributed by atoms with Gasteiger partial charge in [-0.15, -0.1) is 11.3 Å². The Morgan fingerprint density at radius 2 is 2.23 bits per heavy atom. The molecule has 0 bridgehead atoms. The number of benzene rings is 1. The Labute approximate surface area is 81.1 Å². The molecule has 2 rings (SSSR count). The summed E-state index contributed by atoms with van der Waals surface area (Å²) in [4.78, 5) is 4.23. The summed E-state index contributed by atoms with van der Waals surface area (Å²) < 4.78 is 0. The second-order valence-electron chi connectivity index (χ2n) is 2.91. The van der Waals surface area contributed by atoms with E-state index in [1.807, 2.05) is 30.6 Å². The fraction of sp³-hybridized carbons (Fsp3) is 0.100. The summed E-state index contributed by atoms with van der Waals surface area (Å²) in [5.41, 5.74) is 8.80. The van der Waals surface area contributed by atoms with Crippen molar-refractivity contribution in [2.75, 3.05) is 5.73 Å². The number of nitrogen functional groups attached to an aromatic ring is 1.